The van der Waals surface area contributed by atoms with E-state index in [1.165, 1.54) is 0 Å². The first-order valence-electron chi connectivity index (χ1n) is 3.23. The molecular formula is C7H5N3O3. The maximum Gasteiger partial charge on any atom is 0.325 e. The zero-order valence-electron chi connectivity index (χ0n) is 6.38. The molecular weight excluding hydrogens is 174 g/mol. The summed E-state index contributed by atoms with van der Waals surface area (Å²) in [7, 11) is 0. The number of amides is 1. The van der Waals surface area contributed by atoms with Crippen molar-refractivity contribution in [3.05, 3.63) is 32.6 Å². The molecule has 13 heavy (non-hydrogen) atoms. The van der Waals surface area contributed by atoms with Crippen LogP contribution in [0.3, 0.4) is 0 Å². The highest BCUT2D eigenvalue weighted by Crippen LogP contribution is 1.77. The monoisotopic (exact) mass is 179 g/mol. The van der Waals surface area contributed by atoms with Crippen LogP contribution in [0.25, 0.3) is 0 Å². The fourth-order valence-corrected chi connectivity index (χ4v) is 0.632. The Balaban J connectivity index is 3.21. The van der Waals surface area contributed by atoms with E-state index in [1.807, 2.05) is 10.9 Å². The molecule has 6 nitrogen and oxygen atoms in total. The number of hydrogen-bond donors (Lipinski definition) is 3. The molecule has 1 aromatic rings. The molecule has 0 fully saturated rings. The summed E-state index contributed by atoms with van der Waals surface area (Å²) in [4.78, 5) is 35.8. The van der Waals surface area contributed by atoms with Crippen molar-refractivity contribution in [2.24, 2.45) is 5.73 Å². The topological polar surface area (TPSA) is 109 Å². The largest absolute Gasteiger partial charge is 0.359 e. The Hall–Kier alpha value is -2.29. The minimum atomic E-state index is -0.842. The van der Waals surface area contributed by atoms with Gasteiger partial charge in [-0.1, -0.05) is 0 Å². The third-order valence-electron chi connectivity index (χ3n) is 1.14. The first-order chi connectivity index (χ1) is 6.09. The van der Waals surface area contributed by atoms with Crippen LogP contribution >= 0.6 is 0 Å². The van der Waals surface area contributed by atoms with E-state index in [9.17, 15) is 14.4 Å². The molecule has 1 aromatic heterocycles. The van der Waals surface area contributed by atoms with Gasteiger partial charge in [-0.25, -0.2) is 4.79 Å². The van der Waals surface area contributed by atoms with Crippen molar-refractivity contribution < 1.29 is 4.79 Å². The molecule has 0 saturated heterocycles. The normalized spacial score (nSPS) is 8.62. The summed E-state index contributed by atoms with van der Waals surface area (Å²) in [6, 6.07) is 0. The maximum atomic E-state index is 10.9. The Morgan fingerprint density at radius 1 is 1.46 bits per heavy atom. The number of primary amides is 1. The third-order valence-corrected chi connectivity index (χ3v) is 1.14. The highest BCUT2D eigenvalue weighted by atomic mass is 16.2. The lowest BCUT2D eigenvalue weighted by atomic mass is 10.3. The van der Waals surface area contributed by atoms with Crippen molar-refractivity contribution >= 4 is 5.91 Å². The van der Waals surface area contributed by atoms with Gasteiger partial charge in [-0.3, -0.25) is 14.6 Å². The average molecular weight is 179 g/mol. The van der Waals surface area contributed by atoms with E-state index in [-0.39, 0.29) is 5.56 Å². The predicted octanol–water partition coefficient (Wildman–Crippen LogP) is -2.10. The third kappa shape index (κ3) is 2.34. The van der Waals surface area contributed by atoms with Crippen LogP contribution in [0.15, 0.2) is 15.8 Å². The fraction of sp³-hybridized carbons (Fsp3) is 0. The molecule has 0 unspecified atom stereocenters. The van der Waals surface area contributed by atoms with Crippen molar-refractivity contribution in [3.63, 3.8) is 0 Å². The smallest absolute Gasteiger partial charge is 0.325 e. The summed E-state index contributed by atoms with van der Waals surface area (Å²) < 4.78 is 0. The molecule has 0 radical (unpaired) electrons. The Morgan fingerprint density at radius 2 is 2.15 bits per heavy atom. The second-order valence-electron chi connectivity index (χ2n) is 2.10. The number of nitrogens with two attached hydrogens (primary N) is 1. The summed E-state index contributed by atoms with van der Waals surface area (Å²) in [6.07, 6.45) is 1.11. The highest BCUT2D eigenvalue weighted by Gasteiger charge is 1.94. The van der Waals surface area contributed by atoms with E-state index in [0.29, 0.717) is 0 Å². The van der Waals surface area contributed by atoms with Gasteiger partial charge in [0.1, 0.15) is 5.56 Å². The van der Waals surface area contributed by atoms with Crippen molar-refractivity contribution in [1.29, 1.82) is 0 Å². The number of carbonyl (C=O) groups is 1. The number of aromatic nitrogens is 2. The van der Waals surface area contributed by atoms with Gasteiger partial charge in [0.2, 0.25) is 0 Å². The van der Waals surface area contributed by atoms with E-state index < -0.39 is 17.2 Å². The van der Waals surface area contributed by atoms with Crippen molar-refractivity contribution in [1.82, 2.24) is 9.97 Å². The van der Waals surface area contributed by atoms with Crippen LogP contribution in [0.2, 0.25) is 0 Å². The van der Waals surface area contributed by atoms with Gasteiger partial charge in [0.15, 0.2) is 0 Å². The molecule has 66 valence electrons. The van der Waals surface area contributed by atoms with Crippen molar-refractivity contribution in [2.45, 2.75) is 0 Å². The molecule has 0 aliphatic rings. The number of H-pyrrole nitrogens is 2. The van der Waals surface area contributed by atoms with Crippen molar-refractivity contribution in [3.8, 4) is 11.8 Å². The Labute approximate surface area is 71.8 Å². The first-order valence-corrected chi connectivity index (χ1v) is 3.23. The highest BCUT2D eigenvalue weighted by molar-refractivity contribution is 5.92. The minimum absolute atomic E-state index is 0.0154. The van der Waals surface area contributed by atoms with Gasteiger partial charge >= 0.3 is 5.69 Å². The molecule has 0 saturated carbocycles. The number of hydrogen-bond acceptors (Lipinski definition) is 3. The van der Waals surface area contributed by atoms with E-state index in [2.05, 4.69) is 10.9 Å². The molecule has 0 aliphatic heterocycles. The van der Waals surface area contributed by atoms with Crippen LogP contribution in [-0.4, -0.2) is 15.9 Å². The Morgan fingerprint density at radius 3 is 2.69 bits per heavy atom. The van der Waals surface area contributed by atoms with E-state index in [4.69, 9.17) is 5.73 Å². The lowest BCUT2D eigenvalue weighted by Crippen LogP contribution is -2.23. The number of carbonyl (C=O) groups excluding carboxylic acids is 1. The second kappa shape index (κ2) is 3.40. The van der Waals surface area contributed by atoms with Crippen LogP contribution in [0.5, 0.6) is 0 Å². The van der Waals surface area contributed by atoms with E-state index >= 15 is 0 Å². The summed E-state index contributed by atoms with van der Waals surface area (Å²) in [5.74, 6) is 3.33. The predicted molar refractivity (Wildman–Crippen MR) is 43.8 cm³/mol. The SMILES string of the molecule is NC(=O)C#Cc1c[nH]c(=O)[nH]c1=O. The molecule has 1 heterocycles. The summed E-state index contributed by atoms with van der Waals surface area (Å²) >= 11 is 0. The van der Waals surface area contributed by atoms with Gasteiger partial charge in [0.05, 0.1) is 0 Å². The molecule has 1 amide bonds. The van der Waals surface area contributed by atoms with Gasteiger partial charge in [-0.05, 0) is 5.92 Å². The van der Waals surface area contributed by atoms with Crippen molar-refractivity contribution in [2.75, 3.05) is 0 Å². The average Bonchev–Trinajstić information content (AvgIpc) is 2.02. The molecule has 0 aliphatic carbocycles. The summed E-state index contributed by atoms with van der Waals surface area (Å²) in [5, 5.41) is 0. The molecule has 0 bridgehead atoms. The molecule has 0 aromatic carbocycles. The quantitative estimate of drug-likeness (QED) is 0.397. The number of nitrogens with one attached hydrogen (secondary N) is 2. The molecule has 6 heteroatoms. The lowest BCUT2D eigenvalue weighted by molar-refractivity contribution is -0.112. The van der Waals surface area contributed by atoms with Crippen LogP contribution in [0.1, 0.15) is 5.56 Å². The molecule has 0 spiro atoms. The molecule has 1 rings (SSSR count). The molecule has 4 N–H and O–H groups in total. The number of rotatable bonds is 0. The zero-order valence-corrected chi connectivity index (χ0v) is 6.38. The van der Waals surface area contributed by atoms with E-state index in [1.54, 1.807) is 0 Å². The van der Waals surface area contributed by atoms with Crippen LogP contribution in [-0.2, 0) is 4.79 Å². The van der Waals surface area contributed by atoms with Crippen LogP contribution in [0.4, 0.5) is 0 Å². The first kappa shape index (κ1) is 8.80. The standard InChI is InChI=1S/C7H5N3O3/c8-5(11)2-1-4-3-9-7(13)10-6(4)12/h3H,(H2,8,11)(H2,9,10,12,13). The van der Waals surface area contributed by atoms with Gasteiger partial charge in [0.25, 0.3) is 11.5 Å². The van der Waals surface area contributed by atoms with Gasteiger partial charge in [0, 0.05) is 12.1 Å². The van der Waals surface area contributed by atoms with Crippen LogP contribution in [0, 0.1) is 11.8 Å². The zero-order chi connectivity index (χ0) is 9.84. The fourth-order valence-electron chi connectivity index (χ4n) is 0.632. The Bertz CT molecular complexity index is 500. The van der Waals surface area contributed by atoms with E-state index in [0.717, 1.165) is 6.20 Å². The van der Waals surface area contributed by atoms with Gasteiger partial charge in [-0.15, -0.1) is 0 Å². The Kier molecular flexibility index (Phi) is 2.31. The summed E-state index contributed by atoms with van der Waals surface area (Å²) in [5.41, 5.74) is 3.42. The maximum absolute atomic E-state index is 10.9. The van der Waals surface area contributed by atoms with Crippen LogP contribution < -0.4 is 17.0 Å². The summed E-state index contributed by atoms with van der Waals surface area (Å²) in [6.45, 7) is 0. The molecule has 0 atom stereocenters. The second-order valence-corrected chi connectivity index (χ2v) is 2.10. The van der Waals surface area contributed by atoms with Gasteiger partial charge < -0.3 is 10.7 Å². The minimum Gasteiger partial charge on any atom is -0.359 e. The van der Waals surface area contributed by atoms with Gasteiger partial charge in [-0.2, -0.15) is 0 Å². The lowest BCUT2D eigenvalue weighted by Gasteiger charge is -1.85. The number of aromatic amines is 2.